The van der Waals surface area contributed by atoms with Crippen LogP contribution in [0.5, 0.6) is 0 Å². The van der Waals surface area contributed by atoms with Gasteiger partial charge in [0.15, 0.2) is 5.78 Å². The highest BCUT2D eigenvalue weighted by Crippen LogP contribution is 2.32. The predicted octanol–water partition coefficient (Wildman–Crippen LogP) is 3.81. The molecule has 19 heavy (non-hydrogen) atoms. The highest BCUT2D eigenvalue weighted by molar-refractivity contribution is 6.35. The summed E-state index contributed by atoms with van der Waals surface area (Å²) >= 11 is 5.82. The van der Waals surface area contributed by atoms with Gasteiger partial charge in [0.1, 0.15) is 0 Å². The molecule has 0 radical (unpaired) electrons. The van der Waals surface area contributed by atoms with E-state index < -0.39 is 17.5 Å². The lowest BCUT2D eigenvalue weighted by Gasteiger charge is -2.15. The van der Waals surface area contributed by atoms with Crippen molar-refractivity contribution < 1.29 is 18.0 Å². The molecule has 1 aliphatic heterocycles. The lowest BCUT2D eigenvalue weighted by molar-refractivity contribution is -0.137. The molecule has 1 aliphatic rings. The van der Waals surface area contributed by atoms with Gasteiger partial charge in [0.25, 0.3) is 0 Å². The molecule has 1 aromatic rings. The smallest absolute Gasteiger partial charge is 0.391 e. The van der Waals surface area contributed by atoms with Gasteiger partial charge in [-0.3, -0.25) is 4.79 Å². The summed E-state index contributed by atoms with van der Waals surface area (Å²) in [6, 6.07) is 2.78. The number of carbonyl (C=O) groups excluding carboxylic acids is 1. The van der Waals surface area contributed by atoms with E-state index in [1.807, 2.05) is 0 Å². The minimum absolute atomic E-state index is 0.0319. The normalized spacial score (nSPS) is 15.7. The fraction of sp³-hybridized carbons (Fsp3) is 0.308. The summed E-state index contributed by atoms with van der Waals surface area (Å²) in [5.74, 6) is -0.455. The van der Waals surface area contributed by atoms with Crippen LogP contribution in [0.2, 0.25) is 5.02 Å². The number of carbonyl (C=O) groups is 1. The SMILES string of the molecule is O=C(C1=CNCCC1)c1cc(C(F)(F)F)ccc1Cl. The molecule has 6 heteroatoms. The van der Waals surface area contributed by atoms with Gasteiger partial charge in [-0.05, 0) is 31.0 Å². The second-order valence-electron chi connectivity index (χ2n) is 4.25. The summed E-state index contributed by atoms with van der Waals surface area (Å²) in [4.78, 5) is 12.1. The number of rotatable bonds is 2. The summed E-state index contributed by atoms with van der Waals surface area (Å²) in [6.45, 7) is 0.757. The van der Waals surface area contributed by atoms with E-state index in [0.717, 1.165) is 31.2 Å². The van der Waals surface area contributed by atoms with Crippen molar-refractivity contribution >= 4 is 17.4 Å². The Labute approximate surface area is 113 Å². The van der Waals surface area contributed by atoms with Crippen LogP contribution in [-0.2, 0) is 6.18 Å². The maximum absolute atomic E-state index is 12.6. The second-order valence-corrected chi connectivity index (χ2v) is 4.66. The number of allylic oxidation sites excluding steroid dienone is 1. The third kappa shape index (κ3) is 3.10. The first-order chi connectivity index (χ1) is 8.89. The Morgan fingerprint density at radius 3 is 2.63 bits per heavy atom. The first-order valence-electron chi connectivity index (χ1n) is 5.73. The van der Waals surface area contributed by atoms with Gasteiger partial charge in [0.2, 0.25) is 0 Å². The molecule has 2 nitrogen and oxygen atoms in total. The summed E-state index contributed by atoms with van der Waals surface area (Å²) in [5, 5.41) is 2.93. The zero-order valence-corrected chi connectivity index (χ0v) is 10.6. The van der Waals surface area contributed by atoms with Gasteiger partial charge < -0.3 is 5.32 Å². The molecular formula is C13H11ClF3NO. The van der Waals surface area contributed by atoms with Crippen molar-refractivity contribution in [1.82, 2.24) is 5.32 Å². The van der Waals surface area contributed by atoms with Gasteiger partial charge in [-0.1, -0.05) is 11.6 Å². The van der Waals surface area contributed by atoms with E-state index in [4.69, 9.17) is 11.6 Å². The number of alkyl halides is 3. The van der Waals surface area contributed by atoms with Crippen LogP contribution in [0.25, 0.3) is 0 Å². The van der Waals surface area contributed by atoms with Crippen molar-refractivity contribution in [3.05, 3.63) is 46.1 Å². The largest absolute Gasteiger partial charge is 0.416 e. The van der Waals surface area contributed by atoms with Gasteiger partial charge in [-0.2, -0.15) is 13.2 Å². The highest BCUT2D eigenvalue weighted by atomic mass is 35.5. The molecule has 1 N–H and O–H groups in total. The molecule has 0 aromatic heterocycles. The maximum atomic E-state index is 12.6. The van der Waals surface area contributed by atoms with Crippen LogP contribution in [0.1, 0.15) is 28.8 Å². The Hall–Kier alpha value is -1.49. The van der Waals surface area contributed by atoms with Crippen LogP contribution < -0.4 is 5.32 Å². The number of nitrogens with one attached hydrogen (secondary N) is 1. The predicted molar refractivity (Wildman–Crippen MR) is 66.1 cm³/mol. The van der Waals surface area contributed by atoms with Crippen molar-refractivity contribution in [2.45, 2.75) is 19.0 Å². The van der Waals surface area contributed by atoms with Crippen molar-refractivity contribution in [2.75, 3.05) is 6.54 Å². The van der Waals surface area contributed by atoms with Gasteiger partial charge in [0.05, 0.1) is 10.6 Å². The van der Waals surface area contributed by atoms with E-state index in [1.165, 1.54) is 0 Å². The fourth-order valence-corrected chi connectivity index (χ4v) is 2.08. The van der Waals surface area contributed by atoms with E-state index in [1.54, 1.807) is 6.20 Å². The van der Waals surface area contributed by atoms with E-state index in [-0.39, 0.29) is 10.6 Å². The van der Waals surface area contributed by atoms with Crippen molar-refractivity contribution in [3.8, 4) is 0 Å². The van der Waals surface area contributed by atoms with Crippen LogP contribution in [0, 0.1) is 0 Å². The van der Waals surface area contributed by atoms with E-state index in [0.29, 0.717) is 12.0 Å². The molecule has 102 valence electrons. The number of ketones is 1. The zero-order chi connectivity index (χ0) is 14.0. The van der Waals surface area contributed by atoms with Gasteiger partial charge in [0, 0.05) is 23.9 Å². The number of Topliss-reactive ketones (excluding diaryl/α,β-unsaturated/α-hetero) is 1. The minimum atomic E-state index is -4.49. The Morgan fingerprint density at radius 1 is 1.32 bits per heavy atom. The Bertz CT molecular complexity index is 537. The van der Waals surface area contributed by atoms with Crippen LogP contribution in [-0.4, -0.2) is 12.3 Å². The standard InChI is InChI=1S/C13H11ClF3NO/c14-11-4-3-9(13(15,16)17)6-10(11)12(19)8-2-1-5-18-7-8/h3-4,6-7,18H,1-2,5H2. The highest BCUT2D eigenvalue weighted by Gasteiger charge is 2.32. The molecule has 0 saturated carbocycles. The summed E-state index contributed by atoms with van der Waals surface area (Å²) < 4.78 is 37.9. The first-order valence-corrected chi connectivity index (χ1v) is 6.11. The molecule has 0 atom stereocenters. The average Bonchev–Trinajstić information content (AvgIpc) is 2.38. The average molecular weight is 290 g/mol. The molecular weight excluding hydrogens is 279 g/mol. The van der Waals surface area contributed by atoms with Crippen LogP contribution >= 0.6 is 11.6 Å². The zero-order valence-electron chi connectivity index (χ0n) is 9.85. The van der Waals surface area contributed by atoms with Crippen LogP contribution in [0.4, 0.5) is 13.2 Å². The molecule has 0 spiro atoms. The summed E-state index contributed by atoms with van der Waals surface area (Å²) in [5.41, 5.74) is -0.525. The molecule has 0 amide bonds. The third-order valence-corrected chi connectivity index (χ3v) is 3.20. The Balaban J connectivity index is 2.38. The topological polar surface area (TPSA) is 29.1 Å². The minimum Gasteiger partial charge on any atom is -0.391 e. The van der Waals surface area contributed by atoms with Gasteiger partial charge in [-0.15, -0.1) is 0 Å². The third-order valence-electron chi connectivity index (χ3n) is 2.87. The van der Waals surface area contributed by atoms with Crippen LogP contribution in [0.15, 0.2) is 30.0 Å². The number of halogens is 4. The molecule has 0 fully saturated rings. The number of hydrogen-bond acceptors (Lipinski definition) is 2. The van der Waals surface area contributed by atoms with E-state index in [9.17, 15) is 18.0 Å². The number of hydrogen-bond donors (Lipinski definition) is 1. The molecule has 1 aromatic carbocycles. The molecule has 2 rings (SSSR count). The fourth-order valence-electron chi connectivity index (χ4n) is 1.88. The Kier molecular flexibility index (Phi) is 3.85. The van der Waals surface area contributed by atoms with Crippen molar-refractivity contribution in [2.24, 2.45) is 0 Å². The quantitative estimate of drug-likeness (QED) is 0.839. The van der Waals surface area contributed by atoms with E-state index in [2.05, 4.69) is 5.32 Å². The van der Waals surface area contributed by atoms with E-state index >= 15 is 0 Å². The van der Waals surface area contributed by atoms with Gasteiger partial charge in [-0.25, -0.2) is 0 Å². The van der Waals surface area contributed by atoms with Crippen molar-refractivity contribution in [1.29, 1.82) is 0 Å². The monoisotopic (exact) mass is 289 g/mol. The van der Waals surface area contributed by atoms with Gasteiger partial charge >= 0.3 is 6.18 Å². The lowest BCUT2D eigenvalue weighted by atomic mass is 9.97. The second kappa shape index (κ2) is 5.25. The summed E-state index contributed by atoms with van der Waals surface area (Å²) in [6.07, 6.45) is -1.63. The first kappa shape index (κ1) is 13.9. The number of benzene rings is 1. The molecule has 0 aliphatic carbocycles. The Morgan fingerprint density at radius 2 is 2.05 bits per heavy atom. The molecule has 0 saturated heterocycles. The molecule has 0 unspecified atom stereocenters. The molecule has 0 bridgehead atoms. The van der Waals surface area contributed by atoms with Crippen molar-refractivity contribution in [3.63, 3.8) is 0 Å². The maximum Gasteiger partial charge on any atom is 0.416 e. The summed E-state index contributed by atoms with van der Waals surface area (Å²) in [7, 11) is 0. The lowest BCUT2D eigenvalue weighted by Crippen LogP contribution is -2.18. The van der Waals surface area contributed by atoms with Crippen LogP contribution in [0.3, 0.4) is 0 Å². The molecule has 1 heterocycles.